The van der Waals surface area contributed by atoms with Gasteiger partial charge in [0.25, 0.3) is 0 Å². The predicted octanol–water partition coefficient (Wildman–Crippen LogP) is 3.51. The summed E-state index contributed by atoms with van der Waals surface area (Å²) in [7, 11) is 0. The Labute approximate surface area is 152 Å². The van der Waals surface area contributed by atoms with Crippen molar-refractivity contribution < 1.29 is 4.79 Å². The van der Waals surface area contributed by atoms with Crippen molar-refractivity contribution in [2.45, 2.75) is 33.1 Å². The van der Waals surface area contributed by atoms with E-state index in [9.17, 15) is 4.79 Å². The molecule has 6 heteroatoms. The molecule has 0 spiro atoms. The average Bonchev–Trinajstić information content (AvgIpc) is 2.81. The van der Waals surface area contributed by atoms with E-state index in [1.165, 1.54) is 0 Å². The first-order chi connectivity index (χ1) is 12.4. The molecule has 26 heavy (non-hydrogen) atoms. The molecule has 0 aromatic carbocycles. The summed E-state index contributed by atoms with van der Waals surface area (Å²) in [4.78, 5) is 32.2. The highest BCUT2D eigenvalue weighted by Gasteiger charge is 2.45. The maximum atomic E-state index is 13.1. The average molecular weight is 345 g/mol. The number of amides is 1. The molecular formula is C20H19N5O. The van der Waals surface area contributed by atoms with E-state index in [-0.39, 0.29) is 5.91 Å². The Hall–Kier alpha value is -3.15. The summed E-state index contributed by atoms with van der Waals surface area (Å²) >= 11 is 0. The minimum atomic E-state index is -0.637. The van der Waals surface area contributed by atoms with Crippen molar-refractivity contribution in [3.05, 3.63) is 60.1 Å². The smallest absolute Gasteiger partial charge is 0.241 e. The second kappa shape index (κ2) is 5.69. The molecule has 3 aromatic heterocycles. The normalized spacial score (nSPS) is 15.2. The monoisotopic (exact) mass is 345 g/mol. The van der Waals surface area contributed by atoms with E-state index in [0.29, 0.717) is 5.82 Å². The second-order valence-electron chi connectivity index (χ2n) is 7.03. The van der Waals surface area contributed by atoms with Gasteiger partial charge >= 0.3 is 0 Å². The van der Waals surface area contributed by atoms with E-state index in [4.69, 9.17) is 0 Å². The lowest BCUT2D eigenvalue weighted by molar-refractivity contribution is -0.121. The van der Waals surface area contributed by atoms with Crippen molar-refractivity contribution in [2.24, 2.45) is 0 Å². The first-order valence-corrected chi connectivity index (χ1v) is 8.44. The number of fused-ring (bicyclic) bond motifs is 1. The maximum Gasteiger partial charge on any atom is 0.241 e. The van der Waals surface area contributed by atoms with E-state index >= 15 is 0 Å². The van der Waals surface area contributed by atoms with Crippen LogP contribution in [0.1, 0.15) is 30.9 Å². The Balaban J connectivity index is 1.89. The van der Waals surface area contributed by atoms with Gasteiger partial charge in [0, 0.05) is 41.6 Å². The molecule has 1 amide bonds. The molecule has 0 N–H and O–H groups in total. The number of nitrogens with zero attached hydrogens (tertiary/aromatic N) is 5. The number of pyridine rings is 2. The van der Waals surface area contributed by atoms with Crippen LogP contribution < -0.4 is 4.90 Å². The van der Waals surface area contributed by atoms with Crippen LogP contribution in [0.2, 0.25) is 0 Å². The van der Waals surface area contributed by atoms with Crippen LogP contribution in [0.4, 0.5) is 11.4 Å². The third kappa shape index (κ3) is 2.45. The van der Waals surface area contributed by atoms with Gasteiger partial charge < -0.3 is 0 Å². The molecule has 1 aliphatic heterocycles. The molecule has 0 saturated carbocycles. The zero-order chi connectivity index (χ0) is 18.5. The molecule has 4 heterocycles. The lowest BCUT2D eigenvalue weighted by Crippen LogP contribution is -2.33. The van der Waals surface area contributed by atoms with Gasteiger partial charge in [0.2, 0.25) is 5.91 Å². The zero-order valence-electron chi connectivity index (χ0n) is 15.2. The zero-order valence-corrected chi connectivity index (χ0v) is 15.2. The number of hydrogen-bond acceptors (Lipinski definition) is 5. The molecule has 130 valence electrons. The maximum absolute atomic E-state index is 13.1. The summed E-state index contributed by atoms with van der Waals surface area (Å²) in [5, 5.41) is 0. The molecular weight excluding hydrogens is 326 g/mol. The van der Waals surface area contributed by atoms with Gasteiger partial charge in [-0.25, -0.2) is 9.97 Å². The van der Waals surface area contributed by atoms with Crippen LogP contribution in [0.3, 0.4) is 0 Å². The van der Waals surface area contributed by atoms with E-state index in [0.717, 1.165) is 33.9 Å². The SMILES string of the molecule is Cc1cc(N2C(=O)C(C)(C)c3cnc(-c4cnc(C)nc4)cc32)ccn1. The minimum Gasteiger partial charge on any atom is -0.280 e. The van der Waals surface area contributed by atoms with Crippen LogP contribution in [0.5, 0.6) is 0 Å². The molecule has 0 radical (unpaired) electrons. The standard InChI is InChI=1S/C20H19N5O/c1-12-7-15(5-6-21-12)25-18-8-17(14-9-22-13(2)23-10-14)24-11-16(18)20(3,4)19(25)26/h5-11H,1-4H3. The number of aromatic nitrogens is 4. The molecule has 0 fully saturated rings. The fraction of sp³-hybridized carbons (Fsp3) is 0.250. The Morgan fingerprint density at radius 2 is 1.69 bits per heavy atom. The van der Waals surface area contributed by atoms with Gasteiger partial charge in [-0.15, -0.1) is 0 Å². The van der Waals surface area contributed by atoms with Crippen LogP contribution in [-0.2, 0) is 10.2 Å². The number of hydrogen-bond donors (Lipinski definition) is 0. The molecule has 3 aromatic rings. The highest BCUT2D eigenvalue weighted by molar-refractivity contribution is 6.12. The van der Waals surface area contributed by atoms with Crippen molar-refractivity contribution in [3.8, 4) is 11.3 Å². The molecule has 0 atom stereocenters. The Bertz CT molecular complexity index is 1010. The van der Waals surface area contributed by atoms with E-state index in [1.54, 1.807) is 29.7 Å². The molecule has 0 aliphatic carbocycles. The van der Waals surface area contributed by atoms with Crippen molar-refractivity contribution in [3.63, 3.8) is 0 Å². The Morgan fingerprint density at radius 3 is 2.38 bits per heavy atom. The van der Waals surface area contributed by atoms with E-state index in [2.05, 4.69) is 19.9 Å². The van der Waals surface area contributed by atoms with Crippen LogP contribution in [0.25, 0.3) is 11.3 Å². The Kier molecular flexibility index (Phi) is 3.57. The third-order valence-corrected chi connectivity index (χ3v) is 4.75. The van der Waals surface area contributed by atoms with E-state index < -0.39 is 5.41 Å². The lowest BCUT2D eigenvalue weighted by Gasteiger charge is -2.20. The lowest BCUT2D eigenvalue weighted by atomic mass is 9.87. The van der Waals surface area contributed by atoms with Gasteiger partial charge in [-0.3, -0.25) is 19.7 Å². The number of carbonyl (C=O) groups is 1. The van der Waals surface area contributed by atoms with Crippen molar-refractivity contribution in [1.82, 2.24) is 19.9 Å². The fourth-order valence-corrected chi connectivity index (χ4v) is 3.22. The summed E-state index contributed by atoms with van der Waals surface area (Å²) in [6.07, 6.45) is 7.01. The van der Waals surface area contributed by atoms with Crippen LogP contribution in [0, 0.1) is 13.8 Å². The largest absolute Gasteiger partial charge is 0.280 e. The highest BCUT2D eigenvalue weighted by Crippen LogP contribution is 2.45. The van der Waals surface area contributed by atoms with Crippen LogP contribution >= 0.6 is 0 Å². The third-order valence-electron chi connectivity index (χ3n) is 4.75. The van der Waals surface area contributed by atoms with Crippen molar-refractivity contribution in [1.29, 1.82) is 0 Å². The first-order valence-electron chi connectivity index (χ1n) is 8.44. The molecule has 4 rings (SSSR count). The van der Waals surface area contributed by atoms with Gasteiger partial charge in [0.1, 0.15) is 5.82 Å². The van der Waals surface area contributed by atoms with Gasteiger partial charge in [0.15, 0.2) is 0 Å². The van der Waals surface area contributed by atoms with Crippen LogP contribution in [-0.4, -0.2) is 25.8 Å². The van der Waals surface area contributed by atoms with Crippen LogP contribution in [0.15, 0.2) is 43.0 Å². The highest BCUT2D eigenvalue weighted by atomic mass is 16.2. The van der Waals surface area contributed by atoms with Gasteiger partial charge in [-0.2, -0.15) is 0 Å². The molecule has 0 unspecified atom stereocenters. The predicted molar refractivity (Wildman–Crippen MR) is 99.1 cm³/mol. The van der Waals surface area contributed by atoms with Crippen molar-refractivity contribution in [2.75, 3.05) is 4.90 Å². The van der Waals surface area contributed by atoms with E-state index in [1.807, 2.05) is 45.9 Å². The summed E-state index contributed by atoms with van der Waals surface area (Å²) < 4.78 is 0. The Morgan fingerprint density at radius 1 is 0.962 bits per heavy atom. The summed E-state index contributed by atoms with van der Waals surface area (Å²) in [6, 6.07) is 5.70. The molecule has 0 saturated heterocycles. The first kappa shape index (κ1) is 16.3. The fourth-order valence-electron chi connectivity index (χ4n) is 3.22. The van der Waals surface area contributed by atoms with Gasteiger partial charge in [-0.1, -0.05) is 0 Å². The summed E-state index contributed by atoms with van der Waals surface area (Å²) in [5.41, 5.74) is 4.35. The van der Waals surface area contributed by atoms with Gasteiger partial charge in [0.05, 0.1) is 22.5 Å². The minimum absolute atomic E-state index is 0.0252. The van der Waals surface area contributed by atoms with Crippen molar-refractivity contribution >= 4 is 17.3 Å². The molecule has 1 aliphatic rings. The number of carbonyl (C=O) groups excluding carboxylic acids is 1. The molecule has 0 bridgehead atoms. The summed E-state index contributed by atoms with van der Waals surface area (Å²) in [5.74, 6) is 0.734. The topological polar surface area (TPSA) is 71.9 Å². The second-order valence-corrected chi connectivity index (χ2v) is 7.03. The molecule has 6 nitrogen and oxygen atoms in total. The number of rotatable bonds is 2. The quantitative estimate of drug-likeness (QED) is 0.711. The number of aryl methyl sites for hydroxylation is 2. The number of anilines is 2. The van der Waals surface area contributed by atoms with Gasteiger partial charge in [-0.05, 0) is 45.9 Å². The summed E-state index contributed by atoms with van der Waals surface area (Å²) in [6.45, 7) is 7.61.